The molecule has 0 unspecified atom stereocenters. The van der Waals surface area contributed by atoms with Gasteiger partial charge in [0, 0.05) is 18.8 Å². The van der Waals surface area contributed by atoms with Crippen molar-refractivity contribution in [3.8, 4) is 11.4 Å². The van der Waals surface area contributed by atoms with Crippen molar-refractivity contribution in [2.24, 2.45) is 0 Å². The molecule has 1 aromatic carbocycles. The summed E-state index contributed by atoms with van der Waals surface area (Å²) >= 11 is 0. The highest BCUT2D eigenvalue weighted by atomic mass is 15.0. The number of hydrogen-bond donors (Lipinski definition) is 0. The number of nitrogens with zero attached hydrogens (tertiary/aromatic N) is 3. The Morgan fingerprint density at radius 2 is 1.64 bits per heavy atom. The monoisotopic (exact) mass is 285 g/mol. The molecule has 0 aliphatic carbocycles. The first kappa shape index (κ1) is 12.8. The summed E-state index contributed by atoms with van der Waals surface area (Å²) in [5, 5.41) is 0. The van der Waals surface area contributed by atoms with Gasteiger partial charge in [0.2, 0.25) is 0 Å². The van der Waals surface area contributed by atoms with Crippen LogP contribution in [0, 0.1) is 0 Å². The van der Waals surface area contributed by atoms with Gasteiger partial charge in [-0.1, -0.05) is 42.5 Å². The van der Waals surface area contributed by atoms with Gasteiger partial charge in [0.15, 0.2) is 0 Å². The van der Waals surface area contributed by atoms with Gasteiger partial charge in [-0.2, -0.15) is 0 Å². The number of fused-ring (bicyclic) bond motifs is 1. The predicted molar refractivity (Wildman–Crippen MR) is 87.7 cm³/mol. The van der Waals surface area contributed by atoms with Crippen LogP contribution < -0.4 is 0 Å². The lowest BCUT2D eigenvalue weighted by atomic mass is 10.1. The second-order valence-corrected chi connectivity index (χ2v) is 5.21. The summed E-state index contributed by atoms with van der Waals surface area (Å²) in [5.41, 5.74) is 4.19. The Morgan fingerprint density at radius 3 is 2.45 bits per heavy atom. The van der Waals surface area contributed by atoms with Gasteiger partial charge in [-0.3, -0.25) is 4.98 Å². The molecule has 0 saturated heterocycles. The van der Waals surface area contributed by atoms with E-state index in [2.05, 4.69) is 45.9 Å². The molecule has 0 aliphatic heterocycles. The molecule has 0 spiro atoms. The Balaban J connectivity index is 1.86. The Labute approximate surface area is 128 Å². The van der Waals surface area contributed by atoms with Gasteiger partial charge in [-0.25, -0.2) is 4.98 Å². The molecule has 0 saturated carbocycles. The molecular weight excluding hydrogens is 270 g/mol. The van der Waals surface area contributed by atoms with Crippen molar-refractivity contribution in [3.63, 3.8) is 0 Å². The lowest BCUT2D eigenvalue weighted by molar-refractivity contribution is 0.962. The minimum absolute atomic E-state index is 0.804. The largest absolute Gasteiger partial charge is 0.303 e. The van der Waals surface area contributed by atoms with Gasteiger partial charge in [0.05, 0.1) is 11.2 Å². The van der Waals surface area contributed by atoms with Crippen molar-refractivity contribution in [1.29, 1.82) is 0 Å². The lowest BCUT2D eigenvalue weighted by Crippen LogP contribution is -1.95. The van der Waals surface area contributed by atoms with E-state index in [1.54, 1.807) is 6.20 Å². The first-order chi connectivity index (χ1) is 10.9. The van der Waals surface area contributed by atoms with Crippen LogP contribution in [-0.2, 0) is 6.42 Å². The zero-order chi connectivity index (χ0) is 14.8. The van der Waals surface area contributed by atoms with Crippen LogP contribution in [0.15, 0.2) is 79.1 Å². The summed E-state index contributed by atoms with van der Waals surface area (Å²) in [5.74, 6) is 1.03. The van der Waals surface area contributed by atoms with Gasteiger partial charge in [0.25, 0.3) is 0 Å². The van der Waals surface area contributed by atoms with Crippen molar-refractivity contribution in [1.82, 2.24) is 14.4 Å². The van der Waals surface area contributed by atoms with Crippen molar-refractivity contribution in [3.05, 3.63) is 90.5 Å². The second kappa shape index (κ2) is 5.45. The van der Waals surface area contributed by atoms with Gasteiger partial charge in [-0.15, -0.1) is 0 Å². The molecule has 0 bridgehead atoms. The number of aromatic nitrogens is 3. The molecule has 4 rings (SSSR count). The minimum Gasteiger partial charge on any atom is -0.303 e. The second-order valence-electron chi connectivity index (χ2n) is 5.21. The molecule has 3 nitrogen and oxygen atoms in total. The van der Waals surface area contributed by atoms with Crippen molar-refractivity contribution >= 4 is 5.52 Å². The maximum Gasteiger partial charge on any atom is 0.118 e. The summed E-state index contributed by atoms with van der Waals surface area (Å²) in [6.45, 7) is 0. The molecule has 0 N–H and O–H groups in total. The van der Waals surface area contributed by atoms with Crippen LogP contribution in [0.5, 0.6) is 0 Å². The Bertz CT molecular complexity index is 896. The summed E-state index contributed by atoms with van der Waals surface area (Å²) in [6.07, 6.45) is 4.67. The molecule has 3 aromatic heterocycles. The maximum atomic E-state index is 4.86. The van der Waals surface area contributed by atoms with Crippen molar-refractivity contribution < 1.29 is 0 Å². The summed E-state index contributed by atoms with van der Waals surface area (Å²) in [6, 6.07) is 22.5. The predicted octanol–water partition coefficient (Wildman–Crippen LogP) is 3.99. The van der Waals surface area contributed by atoms with E-state index in [1.165, 1.54) is 5.56 Å². The Morgan fingerprint density at radius 1 is 0.818 bits per heavy atom. The molecule has 0 atom stereocenters. The first-order valence-corrected chi connectivity index (χ1v) is 7.33. The van der Waals surface area contributed by atoms with E-state index in [0.717, 1.165) is 29.1 Å². The lowest BCUT2D eigenvalue weighted by Gasteiger charge is -2.01. The van der Waals surface area contributed by atoms with Gasteiger partial charge < -0.3 is 4.40 Å². The third-order valence-electron chi connectivity index (χ3n) is 3.73. The quantitative estimate of drug-likeness (QED) is 0.570. The highest BCUT2D eigenvalue weighted by Gasteiger charge is 2.13. The average Bonchev–Trinajstić information content (AvgIpc) is 2.96. The summed E-state index contributed by atoms with van der Waals surface area (Å²) in [7, 11) is 0. The molecule has 22 heavy (non-hydrogen) atoms. The third kappa shape index (κ3) is 2.27. The fourth-order valence-electron chi connectivity index (χ4n) is 2.70. The number of hydrogen-bond acceptors (Lipinski definition) is 2. The molecule has 0 radical (unpaired) electrons. The normalized spacial score (nSPS) is 10.9. The third-order valence-corrected chi connectivity index (χ3v) is 3.73. The van der Waals surface area contributed by atoms with E-state index < -0.39 is 0 Å². The number of benzene rings is 1. The molecule has 106 valence electrons. The molecule has 0 fully saturated rings. The van der Waals surface area contributed by atoms with Crippen molar-refractivity contribution in [2.75, 3.05) is 0 Å². The summed E-state index contributed by atoms with van der Waals surface area (Å²) < 4.78 is 2.15. The molecule has 4 aromatic rings. The van der Waals surface area contributed by atoms with E-state index >= 15 is 0 Å². The number of rotatable bonds is 3. The van der Waals surface area contributed by atoms with E-state index in [0.29, 0.717) is 0 Å². The topological polar surface area (TPSA) is 30.2 Å². The smallest absolute Gasteiger partial charge is 0.118 e. The van der Waals surface area contributed by atoms with Crippen LogP contribution in [0.2, 0.25) is 0 Å². The van der Waals surface area contributed by atoms with Gasteiger partial charge >= 0.3 is 0 Å². The van der Waals surface area contributed by atoms with Gasteiger partial charge in [0.1, 0.15) is 11.5 Å². The van der Waals surface area contributed by atoms with Crippen LogP contribution in [0.1, 0.15) is 11.4 Å². The fourth-order valence-corrected chi connectivity index (χ4v) is 2.70. The molecular formula is C19H15N3. The van der Waals surface area contributed by atoms with Crippen LogP contribution >= 0.6 is 0 Å². The van der Waals surface area contributed by atoms with Crippen LogP contribution in [-0.4, -0.2) is 14.4 Å². The zero-order valence-electron chi connectivity index (χ0n) is 12.1. The Hall–Kier alpha value is -2.94. The number of imidazole rings is 1. The van der Waals surface area contributed by atoms with Crippen LogP contribution in [0.25, 0.3) is 16.9 Å². The van der Waals surface area contributed by atoms with Gasteiger partial charge in [-0.05, 0) is 29.8 Å². The standard InChI is InChI=1S/C19H15N3/c1-2-8-15(9-3-1)14-18-21-19(16-10-4-6-12-20-16)17-11-5-7-13-22(17)18/h1-13H,14H2. The zero-order valence-corrected chi connectivity index (χ0v) is 12.1. The van der Waals surface area contributed by atoms with Crippen molar-refractivity contribution in [2.45, 2.75) is 6.42 Å². The van der Waals surface area contributed by atoms with Crippen LogP contribution in [0.3, 0.4) is 0 Å². The van der Waals surface area contributed by atoms with Crippen LogP contribution in [0.4, 0.5) is 0 Å². The molecule has 0 amide bonds. The first-order valence-electron chi connectivity index (χ1n) is 7.33. The number of pyridine rings is 2. The summed E-state index contributed by atoms with van der Waals surface area (Å²) in [4.78, 5) is 9.30. The molecule has 3 heteroatoms. The average molecular weight is 285 g/mol. The minimum atomic E-state index is 0.804. The van der Waals surface area contributed by atoms with E-state index in [-0.39, 0.29) is 0 Å². The van der Waals surface area contributed by atoms with E-state index in [9.17, 15) is 0 Å². The maximum absolute atomic E-state index is 4.86. The fraction of sp³-hybridized carbons (Fsp3) is 0.0526. The van der Waals surface area contributed by atoms with E-state index in [4.69, 9.17) is 4.98 Å². The van der Waals surface area contributed by atoms with E-state index in [1.807, 2.05) is 36.4 Å². The highest BCUT2D eigenvalue weighted by Crippen LogP contribution is 2.24. The molecule has 0 aliphatic rings. The Kier molecular flexibility index (Phi) is 3.16. The highest BCUT2D eigenvalue weighted by molar-refractivity contribution is 5.75. The SMILES string of the molecule is c1ccc(Cc2nc(-c3ccccn3)c3ccccn23)cc1. The molecule has 3 heterocycles.